The Bertz CT molecular complexity index is 979. The molecule has 3 aliphatic carbocycles. The van der Waals surface area contributed by atoms with Crippen LogP contribution in [-0.2, 0) is 6.42 Å². The number of aliphatic hydroxyl groups is 2. The van der Waals surface area contributed by atoms with Crippen LogP contribution in [0, 0.1) is 22.7 Å². The largest absolute Gasteiger partial charge is 0.508 e. The van der Waals surface area contributed by atoms with Crippen molar-refractivity contribution in [3.05, 3.63) is 42.0 Å². The van der Waals surface area contributed by atoms with Crippen molar-refractivity contribution in [2.45, 2.75) is 108 Å². The fraction of sp³-hybridized carbons (Fsp3) is 0.724. The van der Waals surface area contributed by atoms with Crippen LogP contribution in [0.2, 0.25) is 0 Å². The van der Waals surface area contributed by atoms with Gasteiger partial charge in [-0.05, 0) is 96.8 Å². The molecule has 0 radical (unpaired) electrons. The van der Waals surface area contributed by atoms with Gasteiger partial charge in [-0.15, -0.1) is 6.58 Å². The summed E-state index contributed by atoms with van der Waals surface area (Å²) in [5, 5.41) is 30.5. The smallest absolute Gasteiger partial charge is 0.456 e. The first-order valence-electron chi connectivity index (χ1n) is 13.5. The Morgan fingerprint density at radius 2 is 1.81 bits per heavy atom. The number of halogens is 5. The first-order valence-corrected chi connectivity index (χ1v) is 13.5. The average Bonchev–Trinajstić information content (AvgIpc) is 3.14. The van der Waals surface area contributed by atoms with E-state index in [1.807, 2.05) is 12.1 Å². The summed E-state index contributed by atoms with van der Waals surface area (Å²) in [4.78, 5) is 0. The quantitative estimate of drug-likeness (QED) is 0.179. The van der Waals surface area contributed by atoms with E-state index in [0.717, 1.165) is 50.5 Å². The zero-order valence-electron chi connectivity index (χ0n) is 21.4. The highest BCUT2D eigenvalue weighted by Gasteiger charge is 2.63. The molecule has 3 N–H and O–H groups in total. The number of unbranched alkanes of at least 4 members (excludes halogenated alkanes) is 3. The van der Waals surface area contributed by atoms with E-state index in [9.17, 15) is 37.3 Å². The third-order valence-electron chi connectivity index (χ3n) is 9.96. The lowest BCUT2D eigenvalue weighted by Gasteiger charge is -2.60. The summed E-state index contributed by atoms with van der Waals surface area (Å²) in [6.07, 6.45) is -0.170. The van der Waals surface area contributed by atoms with E-state index in [0.29, 0.717) is 18.8 Å². The van der Waals surface area contributed by atoms with E-state index < -0.39 is 24.6 Å². The first kappa shape index (κ1) is 28.3. The van der Waals surface area contributed by atoms with Gasteiger partial charge in [-0.3, -0.25) is 0 Å². The number of phenols is 1. The molecule has 7 atom stereocenters. The predicted molar refractivity (Wildman–Crippen MR) is 131 cm³/mol. The Morgan fingerprint density at radius 3 is 2.49 bits per heavy atom. The fourth-order valence-electron chi connectivity index (χ4n) is 8.16. The van der Waals surface area contributed by atoms with Crippen molar-refractivity contribution in [1.82, 2.24) is 0 Å². The Hall–Kier alpha value is -1.67. The second kappa shape index (κ2) is 10.1. The van der Waals surface area contributed by atoms with Crippen molar-refractivity contribution < 1.29 is 37.3 Å². The van der Waals surface area contributed by atoms with Gasteiger partial charge in [0.05, 0.1) is 6.10 Å². The third kappa shape index (κ3) is 4.81. The van der Waals surface area contributed by atoms with Crippen LogP contribution in [0.5, 0.6) is 5.75 Å². The molecule has 4 rings (SSSR count). The molecule has 2 fully saturated rings. The van der Waals surface area contributed by atoms with Crippen LogP contribution in [0.1, 0.15) is 88.2 Å². The molecule has 37 heavy (non-hydrogen) atoms. The topological polar surface area (TPSA) is 60.7 Å². The van der Waals surface area contributed by atoms with Crippen molar-refractivity contribution >= 4 is 0 Å². The minimum atomic E-state index is -5.75. The second-order valence-corrected chi connectivity index (χ2v) is 11.9. The Balaban J connectivity index is 1.46. The van der Waals surface area contributed by atoms with Gasteiger partial charge in [-0.25, -0.2) is 0 Å². The van der Waals surface area contributed by atoms with Crippen LogP contribution in [-0.4, -0.2) is 39.6 Å². The molecule has 3 nitrogen and oxygen atoms in total. The maximum atomic E-state index is 13.3. The molecule has 2 saturated carbocycles. The summed E-state index contributed by atoms with van der Waals surface area (Å²) in [5.41, 5.74) is 1.99. The molecule has 0 saturated heterocycles. The summed E-state index contributed by atoms with van der Waals surface area (Å²) in [7, 11) is 0. The molecule has 0 heterocycles. The number of phenolic OH excluding ortho intramolecular Hbond substituents is 1. The molecule has 0 bridgehead atoms. The van der Waals surface area contributed by atoms with Crippen molar-refractivity contribution in [2.24, 2.45) is 22.7 Å². The summed E-state index contributed by atoms with van der Waals surface area (Å²) >= 11 is 0. The summed E-state index contributed by atoms with van der Waals surface area (Å²) < 4.78 is 63.9. The van der Waals surface area contributed by atoms with Crippen LogP contribution in [0.25, 0.3) is 0 Å². The van der Waals surface area contributed by atoms with Crippen molar-refractivity contribution in [2.75, 3.05) is 0 Å². The maximum absolute atomic E-state index is 13.3. The van der Waals surface area contributed by atoms with Crippen LogP contribution < -0.4 is 0 Å². The van der Waals surface area contributed by atoms with E-state index in [1.165, 1.54) is 5.56 Å². The monoisotopic (exact) mass is 530 g/mol. The van der Waals surface area contributed by atoms with E-state index in [2.05, 4.69) is 19.6 Å². The van der Waals surface area contributed by atoms with E-state index in [4.69, 9.17) is 0 Å². The lowest BCUT2D eigenvalue weighted by atomic mass is 9.44. The molecule has 208 valence electrons. The van der Waals surface area contributed by atoms with Gasteiger partial charge in [0.15, 0.2) is 0 Å². The van der Waals surface area contributed by atoms with Gasteiger partial charge in [0.1, 0.15) is 11.9 Å². The summed E-state index contributed by atoms with van der Waals surface area (Å²) in [6.45, 7) is 6.47. The second-order valence-electron chi connectivity index (χ2n) is 11.9. The first-order chi connectivity index (χ1) is 17.3. The predicted octanol–water partition coefficient (Wildman–Crippen LogP) is 7.29. The highest BCUT2D eigenvalue weighted by molar-refractivity contribution is 5.43. The standard InChI is InChI=1S/C29H39F5O3/c1-3-27-15-14-18-16-20(35)10-11-21(18)25(27)19(17-26(2)22(27)12-13-23(26)36)8-6-4-5-7-9-24(37)28(30,31)29(32,33)34/h3,10-11,16,19,22-25,35-37H,1,4-9,12-15,17H2,2H3/t19-,22+,23-,24?,25+,26-,27?/m0/s1. The molecular weight excluding hydrogens is 491 g/mol. The highest BCUT2D eigenvalue weighted by atomic mass is 19.4. The van der Waals surface area contributed by atoms with Gasteiger partial charge in [0, 0.05) is 0 Å². The van der Waals surface area contributed by atoms with E-state index in [1.54, 1.807) is 6.07 Å². The van der Waals surface area contributed by atoms with Crippen LogP contribution in [0.15, 0.2) is 30.9 Å². The van der Waals surface area contributed by atoms with E-state index in [-0.39, 0.29) is 40.9 Å². The Labute approximate surface area is 215 Å². The maximum Gasteiger partial charge on any atom is 0.456 e. The summed E-state index contributed by atoms with van der Waals surface area (Å²) in [6, 6.07) is 5.60. The van der Waals surface area contributed by atoms with Gasteiger partial charge in [0.2, 0.25) is 0 Å². The lowest BCUT2D eigenvalue weighted by Crippen LogP contribution is -2.54. The van der Waals surface area contributed by atoms with Crippen LogP contribution in [0.4, 0.5) is 22.0 Å². The Morgan fingerprint density at radius 1 is 1.11 bits per heavy atom. The minimum Gasteiger partial charge on any atom is -0.508 e. The zero-order chi connectivity index (χ0) is 27.2. The van der Waals surface area contributed by atoms with Crippen molar-refractivity contribution in [3.63, 3.8) is 0 Å². The SMILES string of the molecule is C=CC12CCc3cc(O)ccc3[C@H]1[C@@H](CCCCCCC(O)C(F)(F)C(F)(F)F)C[C@]1(C)[C@@H](O)CC[C@@H]21. The molecule has 0 aliphatic heterocycles. The molecule has 8 heteroatoms. The number of hydrogen-bond acceptors (Lipinski definition) is 3. The van der Waals surface area contributed by atoms with Gasteiger partial charge in [-0.1, -0.05) is 44.7 Å². The molecular formula is C29H39F5O3. The fourth-order valence-corrected chi connectivity index (χ4v) is 8.16. The number of hydrogen-bond donors (Lipinski definition) is 3. The minimum absolute atomic E-state index is 0.0954. The highest BCUT2D eigenvalue weighted by Crippen LogP contribution is 2.69. The van der Waals surface area contributed by atoms with Gasteiger partial charge < -0.3 is 15.3 Å². The van der Waals surface area contributed by atoms with Gasteiger partial charge in [-0.2, -0.15) is 22.0 Å². The number of aromatic hydroxyl groups is 1. The molecule has 0 spiro atoms. The van der Waals surface area contributed by atoms with Crippen LogP contribution in [0.3, 0.4) is 0 Å². The molecule has 3 aliphatic rings. The van der Waals surface area contributed by atoms with Gasteiger partial charge >= 0.3 is 12.1 Å². The average molecular weight is 531 g/mol. The number of aliphatic hydroxyl groups excluding tert-OH is 2. The molecule has 0 amide bonds. The van der Waals surface area contributed by atoms with Crippen molar-refractivity contribution in [3.8, 4) is 5.75 Å². The van der Waals surface area contributed by atoms with E-state index >= 15 is 0 Å². The Kier molecular flexibility index (Phi) is 7.77. The number of benzene rings is 1. The molecule has 1 aromatic carbocycles. The summed E-state index contributed by atoms with van der Waals surface area (Å²) in [5.74, 6) is -4.09. The van der Waals surface area contributed by atoms with Crippen LogP contribution >= 0.6 is 0 Å². The number of aryl methyl sites for hydroxylation is 1. The normalized spacial score (nSPS) is 34.4. The van der Waals surface area contributed by atoms with Crippen molar-refractivity contribution in [1.29, 1.82) is 0 Å². The number of rotatable bonds is 9. The number of allylic oxidation sites excluding steroid dienone is 1. The zero-order valence-corrected chi connectivity index (χ0v) is 21.4. The lowest BCUT2D eigenvalue weighted by molar-refractivity contribution is -0.313. The third-order valence-corrected chi connectivity index (χ3v) is 9.96. The number of fused-ring (bicyclic) bond motifs is 5. The van der Waals surface area contributed by atoms with Gasteiger partial charge in [0.25, 0.3) is 0 Å². The molecule has 0 aromatic heterocycles. The molecule has 2 unspecified atom stereocenters. The molecule has 1 aromatic rings. The number of alkyl halides is 5.